The van der Waals surface area contributed by atoms with Gasteiger partial charge in [-0.05, 0) is 6.92 Å². The predicted octanol–water partition coefficient (Wildman–Crippen LogP) is -1.50. The van der Waals surface area contributed by atoms with Crippen LogP contribution in [0.5, 0.6) is 0 Å². The number of aliphatic hydroxyl groups excluding tert-OH is 1. The first-order chi connectivity index (χ1) is 8.27. The topological polar surface area (TPSA) is 133 Å². The van der Waals surface area contributed by atoms with Gasteiger partial charge in [0, 0.05) is 13.0 Å². The number of aliphatic carboxylic acids is 1. The van der Waals surface area contributed by atoms with Gasteiger partial charge < -0.3 is 14.9 Å². The molecule has 0 aromatic carbocycles. The molecule has 1 saturated heterocycles. The molecular formula is C8H14N2O7S. The molecule has 0 aromatic heterocycles. The van der Waals surface area contributed by atoms with E-state index in [4.69, 9.17) is 5.11 Å². The van der Waals surface area contributed by atoms with Gasteiger partial charge >= 0.3 is 22.3 Å². The summed E-state index contributed by atoms with van der Waals surface area (Å²) in [5, 5.41) is 18.1. The summed E-state index contributed by atoms with van der Waals surface area (Å²) in [6.45, 7) is 1.09. The number of carboxylic acid groups (broad SMARTS) is 1. The molecule has 10 heteroatoms. The molecular weight excluding hydrogens is 268 g/mol. The smallest absolute Gasteiger partial charge is 0.421 e. The Labute approximate surface area is 104 Å². The molecule has 1 amide bonds. The zero-order chi connectivity index (χ0) is 13.9. The lowest BCUT2D eigenvalue weighted by Crippen LogP contribution is -2.48. The third kappa shape index (κ3) is 3.31. The van der Waals surface area contributed by atoms with Gasteiger partial charge in [-0.2, -0.15) is 12.7 Å². The van der Waals surface area contributed by atoms with Crippen LogP contribution in [0.25, 0.3) is 0 Å². The van der Waals surface area contributed by atoms with E-state index in [1.807, 2.05) is 0 Å². The highest BCUT2D eigenvalue weighted by Crippen LogP contribution is 2.20. The molecule has 3 N–H and O–H groups in total. The summed E-state index contributed by atoms with van der Waals surface area (Å²) in [7, 11) is -4.34. The maximum atomic E-state index is 11.7. The van der Waals surface area contributed by atoms with E-state index >= 15 is 0 Å². The molecule has 1 heterocycles. The molecule has 0 radical (unpaired) electrons. The van der Waals surface area contributed by atoms with Crippen molar-refractivity contribution in [3.8, 4) is 0 Å². The maximum Gasteiger partial charge on any atom is 0.421 e. The van der Waals surface area contributed by atoms with Gasteiger partial charge in [-0.25, -0.2) is 9.52 Å². The minimum atomic E-state index is -4.34. The van der Waals surface area contributed by atoms with Crippen LogP contribution < -0.4 is 4.72 Å². The van der Waals surface area contributed by atoms with Crippen molar-refractivity contribution < 1.29 is 33.0 Å². The van der Waals surface area contributed by atoms with Crippen LogP contribution in [0.3, 0.4) is 0 Å². The highest BCUT2D eigenvalue weighted by Gasteiger charge is 2.43. The van der Waals surface area contributed by atoms with Crippen LogP contribution in [-0.2, 0) is 19.7 Å². The van der Waals surface area contributed by atoms with Gasteiger partial charge in [-0.3, -0.25) is 4.79 Å². The highest BCUT2D eigenvalue weighted by molar-refractivity contribution is 7.87. The number of carboxylic acids is 1. The van der Waals surface area contributed by atoms with Crippen LogP contribution in [0, 0.1) is 0 Å². The first kappa shape index (κ1) is 14.7. The molecule has 0 aromatic rings. The van der Waals surface area contributed by atoms with Crippen LogP contribution >= 0.6 is 0 Å². The van der Waals surface area contributed by atoms with Crippen molar-refractivity contribution in [2.45, 2.75) is 25.5 Å². The molecule has 1 fully saturated rings. The average Bonchev–Trinajstić information content (AvgIpc) is 2.60. The molecule has 9 nitrogen and oxygen atoms in total. The van der Waals surface area contributed by atoms with Gasteiger partial charge in [-0.15, -0.1) is 0 Å². The molecule has 0 bridgehead atoms. The summed E-state index contributed by atoms with van der Waals surface area (Å²) < 4.78 is 29.9. The third-order valence-corrected chi connectivity index (χ3v) is 3.76. The molecule has 104 valence electrons. The lowest BCUT2D eigenvalue weighted by atomic mass is 10.2. The van der Waals surface area contributed by atoms with Crippen molar-refractivity contribution in [3.63, 3.8) is 0 Å². The minimum absolute atomic E-state index is 0.0215. The highest BCUT2D eigenvalue weighted by atomic mass is 32.2. The first-order valence-electron chi connectivity index (χ1n) is 5.15. The molecule has 1 aliphatic heterocycles. The molecule has 0 unspecified atom stereocenters. The van der Waals surface area contributed by atoms with Crippen LogP contribution in [-0.4, -0.2) is 60.3 Å². The van der Waals surface area contributed by atoms with Crippen LogP contribution in [0.15, 0.2) is 0 Å². The van der Waals surface area contributed by atoms with Crippen LogP contribution in [0.1, 0.15) is 13.3 Å². The van der Waals surface area contributed by atoms with Gasteiger partial charge in [0.05, 0.1) is 12.7 Å². The fraction of sp³-hybridized carbons (Fsp3) is 0.750. The Morgan fingerprint density at radius 1 is 1.50 bits per heavy atom. The second-order valence-corrected chi connectivity index (χ2v) is 5.26. The Balaban J connectivity index is 2.83. The zero-order valence-electron chi connectivity index (χ0n) is 9.57. The minimum Gasteiger partial charge on any atom is -0.480 e. The number of ether oxygens (including phenoxy) is 1. The fourth-order valence-corrected chi connectivity index (χ4v) is 2.87. The normalized spacial score (nSPS) is 24.8. The molecule has 2 atom stereocenters. The van der Waals surface area contributed by atoms with E-state index in [1.54, 1.807) is 4.72 Å². The number of rotatable bonds is 4. The number of β-amino-alcohol motifs (C(OH)–C–C–N with tert-alkyl or cyclic N) is 1. The number of nitrogens with zero attached hydrogens (tertiary/aromatic N) is 1. The lowest BCUT2D eigenvalue weighted by Gasteiger charge is -2.20. The number of hydrogen-bond acceptors (Lipinski definition) is 6. The van der Waals surface area contributed by atoms with Gasteiger partial charge in [-0.1, -0.05) is 0 Å². The number of nitrogens with one attached hydrogen (secondary N) is 1. The summed E-state index contributed by atoms with van der Waals surface area (Å²) in [4.78, 5) is 21.9. The van der Waals surface area contributed by atoms with Gasteiger partial charge in [0.25, 0.3) is 0 Å². The Morgan fingerprint density at radius 2 is 2.11 bits per heavy atom. The van der Waals surface area contributed by atoms with Crippen molar-refractivity contribution in [1.29, 1.82) is 0 Å². The second-order valence-electron chi connectivity index (χ2n) is 3.64. The van der Waals surface area contributed by atoms with Gasteiger partial charge in [0.2, 0.25) is 0 Å². The van der Waals surface area contributed by atoms with E-state index in [2.05, 4.69) is 4.74 Å². The van der Waals surface area contributed by atoms with E-state index in [9.17, 15) is 23.1 Å². The standard InChI is InChI=1S/C8H14N2O7S/c1-2-17-8(14)9-18(15,16)10-4-5(11)3-6(10)7(12)13/h5-6,11H,2-4H2,1H3,(H,9,14)(H,12,13)/t5-,6-/m1/s1. The molecule has 0 spiro atoms. The number of hydrogen-bond donors (Lipinski definition) is 3. The number of amides is 1. The molecule has 1 rings (SSSR count). The summed E-state index contributed by atoms with van der Waals surface area (Å²) >= 11 is 0. The molecule has 0 aliphatic carbocycles. The SMILES string of the molecule is CCOC(=O)NS(=O)(=O)N1C[C@H](O)C[C@@H]1C(=O)O. The van der Waals surface area contributed by atoms with Crippen LogP contribution in [0.2, 0.25) is 0 Å². The Morgan fingerprint density at radius 3 is 2.61 bits per heavy atom. The molecule has 1 aliphatic rings. The van der Waals surface area contributed by atoms with Gasteiger partial charge in [0.15, 0.2) is 0 Å². The zero-order valence-corrected chi connectivity index (χ0v) is 10.4. The van der Waals surface area contributed by atoms with Crippen LogP contribution in [0.4, 0.5) is 4.79 Å². The van der Waals surface area contributed by atoms with E-state index < -0.39 is 34.4 Å². The van der Waals surface area contributed by atoms with Gasteiger partial charge in [0.1, 0.15) is 6.04 Å². The van der Waals surface area contributed by atoms with E-state index in [1.165, 1.54) is 6.92 Å². The molecule has 18 heavy (non-hydrogen) atoms. The lowest BCUT2D eigenvalue weighted by molar-refractivity contribution is -0.140. The van der Waals surface area contributed by atoms with E-state index in [0.29, 0.717) is 4.31 Å². The Bertz CT molecular complexity index is 435. The van der Waals surface area contributed by atoms with Crippen molar-refractivity contribution >= 4 is 22.3 Å². The van der Waals surface area contributed by atoms with E-state index in [-0.39, 0.29) is 19.6 Å². The predicted molar refractivity (Wildman–Crippen MR) is 57.8 cm³/mol. The monoisotopic (exact) mass is 282 g/mol. The van der Waals surface area contributed by atoms with Crippen molar-refractivity contribution in [3.05, 3.63) is 0 Å². The summed E-state index contributed by atoms with van der Waals surface area (Å²) in [6, 6.07) is -1.40. The van der Waals surface area contributed by atoms with Crippen molar-refractivity contribution in [1.82, 2.24) is 9.03 Å². The second kappa shape index (κ2) is 5.50. The quantitative estimate of drug-likeness (QED) is 0.571. The van der Waals surface area contributed by atoms with Crippen molar-refractivity contribution in [2.75, 3.05) is 13.2 Å². The summed E-state index contributed by atoms with van der Waals surface area (Å²) in [6.07, 6.45) is -2.49. The number of carbonyl (C=O) groups excluding carboxylic acids is 1. The fourth-order valence-electron chi connectivity index (χ4n) is 1.60. The third-order valence-electron chi connectivity index (χ3n) is 2.32. The summed E-state index contributed by atoms with van der Waals surface area (Å²) in [5.74, 6) is -1.39. The van der Waals surface area contributed by atoms with E-state index in [0.717, 1.165) is 0 Å². The first-order valence-corrected chi connectivity index (χ1v) is 6.59. The number of aliphatic hydroxyl groups is 1. The van der Waals surface area contributed by atoms with Crippen molar-refractivity contribution in [2.24, 2.45) is 0 Å². The Kier molecular flexibility index (Phi) is 4.48. The molecule has 0 saturated carbocycles. The summed E-state index contributed by atoms with van der Waals surface area (Å²) in [5.41, 5.74) is 0. The average molecular weight is 282 g/mol. The number of carbonyl (C=O) groups is 2. The Hall–Kier alpha value is -1.39. The maximum absolute atomic E-state index is 11.7. The largest absolute Gasteiger partial charge is 0.480 e.